The van der Waals surface area contributed by atoms with Crippen LogP contribution in [0.3, 0.4) is 0 Å². The average molecular weight is 365 g/mol. The van der Waals surface area contributed by atoms with E-state index in [9.17, 15) is 4.79 Å². The number of hydrogen-bond donors (Lipinski definition) is 0. The summed E-state index contributed by atoms with van der Waals surface area (Å²) in [5.41, 5.74) is 3.95. The first-order chi connectivity index (χ1) is 13.2. The smallest absolute Gasteiger partial charge is 0.222 e. The van der Waals surface area contributed by atoms with Gasteiger partial charge in [-0.3, -0.25) is 4.79 Å². The van der Waals surface area contributed by atoms with Crippen LogP contribution in [-0.2, 0) is 17.6 Å². The van der Waals surface area contributed by atoms with Crippen LogP contribution in [0.2, 0.25) is 0 Å². The third kappa shape index (κ3) is 6.51. The van der Waals surface area contributed by atoms with Crippen LogP contribution in [0.25, 0.3) is 0 Å². The molecule has 0 N–H and O–H groups in total. The molecule has 0 bridgehead atoms. The molecule has 1 aliphatic heterocycles. The lowest BCUT2D eigenvalue weighted by atomic mass is 10.1. The lowest BCUT2D eigenvalue weighted by Gasteiger charge is -2.22. The standard InChI is InChI=1S/C24H32N2O/c1-21-8-5-11-23(20-21)13-14-24(27)26-17-7-16-25(18-19-26)15-6-12-22-9-3-2-4-10-22/h2-5,8-11,20H,6-7,12-19H2,1H3. The Balaban J connectivity index is 1.39. The zero-order valence-corrected chi connectivity index (χ0v) is 16.6. The van der Waals surface area contributed by atoms with Gasteiger partial charge in [0.15, 0.2) is 0 Å². The van der Waals surface area contributed by atoms with Crippen LogP contribution in [0.4, 0.5) is 0 Å². The van der Waals surface area contributed by atoms with E-state index in [1.54, 1.807) is 0 Å². The summed E-state index contributed by atoms with van der Waals surface area (Å²) in [6, 6.07) is 19.2. The topological polar surface area (TPSA) is 23.6 Å². The van der Waals surface area contributed by atoms with Gasteiger partial charge in [0, 0.05) is 26.1 Å². The highest BCUT2D eigenvalue weighted by Crippen LogP contribution is 2.11. The van der Waals surface area contributed by atoms with Gasteiger partial charge in [0.2, 0.25) is 5.91 Å². The van der Waals surface area contributed by atoms with Crippen molar-refractivity contribution in [2.24, 2.45) is 0 Å². The summed E-state index contributed by atoms with van der Waals surface area (Å²) >= 11 is 0. The molecule has 1 fully saturated rings. The van der Waals surface area contributed by atoms with Crippen LogP contribution in [0.5, 0.6) is 0 Å². The van der Waals surface area contributed by atoms with E-state index in [1.165, 1.54) is 23.1 Å². The van der Waals surface area contributed by atoms with Crippen molar-refractivity contribution >= 4 is 5.91 Å². The number of aryl methyl sites for hydroxylation is 3. The van der Waals surface area contributed by atoms with Gasteiger partial charge in [-0.25, -0.2) is 0 Å². The molecule has 0 aliphatic carbocycles. The monoisotopic (exact) mass is 364 g/mol. The molecule has 3 nitrogen and oxygen atoms in total. The van der Waals surface area contributed by atoms with E-state index >= 15 is 0 Å². The highest BCUT2D eigenvalue weighted by atomic mass is 16.2. The Labute approximate surface area is 164 Å². The molecule has 0 unspecified atom stereocenters. The summed E-state index contributed by atoms with van der Waals surface area (Å²) in [5.74, 6) is 0.308. The third-order valence-electron chi connectivity index (χ3n) is 5.43. The minimum absolute atomic E-state index is 0.308. The lowest BCUT2D eigenvalue weighted by Crippen LogP contribution is -2.35. The highest BCUT2D eigenvalue weighted by molar-refractivity contribution is 5.76. The van der Waals surface area contributed by atoms with E-state index in [4.69, 9.17) is 0 Å². The first-order valence-corrected chi connectivity index (χ1v) is 10.3. The van der Waals surface area contributed by atoms with Crippen LogP contribution in [0, 0.1) is 6.92 Å². The lowest BCUT2D eigenvalue weighted by molar-refractivity contribution is -0.131. The molecule has 2 aromatic rings. The largest absolute Gasteiger partial charge is 0.341 e. The fourth-order valence-electron chi connectivity index (χ4n) is 3.87. The summed E-state index contributed by atoms with van der Waals surface area (Å²) < 4.78 is 0. The van der Waals surface area contributed by atoms with Crippen molar-refractivity contribution in [1.29, 1.82) is 0 Å². The van der Waals surface area contributed by atoms with Gasteiger partial charge < -0.3 is 9.80 Å². The Bertz CT molecular complexity index is 713. The highest BCUT2D eigenvalue weighted by Gasteiger charge is 2.18. The van der Waals surface area contributed by atoms with E-state index in [1.807, 2.05) is 0 Å². The number of amides is 1. The minimum Gasteiger partial charge on any atom is -0.341 e. The van der Waals surface area contributed by atoms with Gasteiger partial charge in [0.25, 0.3) is 0 Å². The molecule has 0 aromatic heterocycles. The second-order valence-electron chi connectivity index (χ2n) is 7.65. The van der Waals surface area contributed by atoms with Gasteiger partial charge in [-0.2, -0.15) is 0 Å². The number of hydrogen-bond acceptors (Lipinski definition) is 2. The van der Waals surface area contributed by atoms with Crippen LogP contribution in [0.1, 0.15) is 36.0 Å². The van der Waals surface area contributed by atoms with E-state index < -0.39 is 0 Å². The zero-order chi connectivity index (χ0) is 18.9. The summed E-state index contributed by atoms with van der Waals surface area (Å²) in [6.45, 7) is 7.12. The van der Waals surface area contributed by atoms with Crippen molar-refractivity contribution in [2.75, 3.05) is 32.7 Å². The second kappa shape index (κ2) is 10.3. The van der Waals surface area contributed by atoms with Gasteiger partial charge in [-0.1, -0.05) is 60.2 Å². The molecular weight excluding hydrogens is 332 g/mol. The predicted octanol–water partition coefficient (Wildman–Crippen LogP) is 4.09. The maximum atomic E-state index is 12.6. The summed E-state index contributed by atoms with van der Waals surface area (Å²) in [7, 11) is 0. The van der Waals surface area contributed by atoms with Crippen LogP contribution < -0.4 is 0 Å². The molecule has 1 aliphatic rings. The first-order valence-electron chi connectivity index (χ1n) is 10.3. The van der Waals surface area contributed by atoms with Crippen LogP contribution in [0.15, 0.2) is 54.6 Å². The summed E-state index contributed by atoms with van der Waals surface area (Å²) in [6.07, 6.45) is 4.87. The molecule has 27 heavy (non-hydrogen) atoms. The van der Waals surface area contributed by atoms with Crippen molar-refractivity contribution in [2.45, 2.75) is 39.0 Å². The molecule has 2 aromatic carbocycles. The number of benzene rings is 2. The Kier molecular flexibility index (Phi) is 7.46. The van der Waals surface area contributed by atoms with Crippen molar-refractivity contribution < 1.29 is 4.79 Å². The summed E-state index contributed by atoms with van der Waals surface area (Å²) in [5, 5.41) is 0. The Morgan fingerprint density at radius 2 is 1.70 bits per heavy atom. The van der Waals surface area contributed by atoms with Crippen molar-refractivity contribution in [3.63, 3.8) is 0 Å². The second-order valence-corrected chi connectivity index (χ2v) is 7.65. The normalized spacial score (nSPS) is 15.5. The molecule has 0 radical (unpaired) electrons. The molecule has 3 rings (SSSR count). The fraction of sp³-hybridized carbons (Fsp3) is 0.458. The molecular formula is C24H32N2O. The summed E-state index contributed by atoms with van der Waals surface area (Å²) in [4.78, 5) is 17.2. The number of carbonyl (C=O) groups is 1. The fourth-order valence-corrected chi connectivity index (χ4v) is 3.87. The zero-order valence-electron chi connectivity index (χ0n) is 16.6. The molecule has 1 heterocycles. The van der Waals surface area contributed by atoms with Gasteiger partial charge >= 0.3 is 0 Å². The number of nitrogens with zero attached hydrogens (tertiary/aromatic N) is 2. The van der Waals surface area contributed by atoms with Gasteiger partial charge in [0.05, 0.1) is 0 Å². The van der Waals surface area contributed by atoms with Gasteiger partial charge in [0.1, 0.15) is 0 Å². The molecule has 0 spiro atoms. The third-order valence-corrected chi connectivity index (χ3v) is 5.43. The maximum absolute atomic E-state index is 12.6. The van der Waals surface area contributed by atoms with Crippen molar-refractivity contribution in [3.05, 3.63) is 71.3 Å². The number of rotatable bonds is 7. The van der Waals surface area contributed by atoms with Crippen LogP contribution >= 0.6 is 0 Å². The van der Waals surface area contributed by atoms with E-state index in [0.717, 1.165) is 52.0 Å². The van der Waals surface area contributed by atoms with E-state index in [2.05, 4.69) is 71.3 Å². The van der Waals surface area contributed by atoms with Crippen molar-refractivity contribution in [3.8, 4) is 0 Å². The van der Waals surface area contributed by atoms with E-state index in [0.29, 0.717) is 12.3 Å². The molecule has 0 saturated carbocycles. The predicted molar refractivity (Wildman–Crippen MR) is 112 cm³/mol. The van der Waals surface area contributed by atoms with Gasteiger partial charge in [-0.15, -0.1) is 0 Å². The Morgan fingerprint density at radius 3 is 2.52 bits per heavy atom. The molecule has 0 atom stereocenters. The van der Waals surface area contributed by atoms with Crippen LogP contribution in [-0.4, -0.2) is 48.4 Å². The maximum Gasteiger partial charge on any atom is 0.222 e. The molecule has 3 heteroatoms. The Morgan fingerprint density at radius 1 is 0.889 bits per heavy atom. The average Bonchev–Trinajstić information content (AvgIpc) is 2.93. The van der Waals surface area contributed by atoms with Crippen molar-refractivity contribution in [1.82, 2.24) is 9.80 Å². The first kappa shape index (κ1) is 19.6. The quantitative estimate of drug-likeness (QED) is 0.739. The SMILES string of the molecule is Cc1cccc(CCC(=O)N2CCCN(CCCc3ccccc3)CC2)c1. The molecule has 1 saturated heterocycles. The van der Waals surface area contributed by atoms with Gasteiger partial charge in [-0.05, 0) is 56.8 Å². The number of carbonyl (C=O) groups excluding carboxylic acids is 1. The molecule has 144 valence electrons. The Hall–Kier alpha value is -2.13. The minimum atomic E-state index is 0.308. The molecule has 1 amide bonds. The van der Waals surface area contributed by atoms with E-state index in [-0.39, 0.29) is 0 Å².